The summed E-state index contributed by atoms with van der Waals surface area (Å²) in [5.41, 5.74) is 4.98. The second kappa shape index (κ2) is 12.2. The van der Waals surface area contributed by atoms with Crippen molar-refractivity contribution in [3.63, 3.8) is 0 Å². The molecule has 3 aromatic rings. The first kappa shape index (κ1) is 31.1. The fourth-order valence-corrected chi connectivity index (χ4v) is 4.47. The van der Waals surface area contributed by atoms with Gasteiger partial charge in [-0.3, -0.25) is 15.0 Å². The molecule has 12 nitrogen and oxygen atoms in total. The molecule has 43 heavy (non-hydrogen) atoms. The number of nitrogens with one attached hydrogen (secondary N) is 3. The van der Waals surface area contributed by atoms with Crippen LogP contribution in [-0.2, 0) is 9.47 Å². The molecule has 2 heterocycles. The second-order valence-corrected chi connectivity index (χ2v) is 11.1. The van der Waals surface area contributed by atoms with Crippen LogP contribution in [0.1, 0.15) is 64.5 Å². The van der Waals surface area contributed by atoms with Gasteiger partial charge in [0.2, 0.25) is 5.88 Å². The van der Waals surface area contributed by atoms with Gasteiger partial charge in [-0.15, -0.1) is 0 Å². The topological polar surface area (TPSA) is 186 Å². The lowest BCUT2D eigenvalue weighted by molar-refractivity contribution is -0.245. The van der Waals surface area contributed by atoms with Crippen LogP contribution in [0.3, 0.4) is 0 Å². The van der Waals surface area contributed by atoms with Crippen molar-refractivity contribution in [1.29, 1.82) is 5.41 Å². The first-order valence-corrected chi connectivity index (χ1v) is 13.5. The number of aromatic carboxylic acids is 1. The Kier molecular flexibility index (Phi) is 8.83. The van der Waals surface area contributed by atoms with E-state index in [0.717, 1.165) is 0 Å². The van der Waals surface area contributed by atoms with E-state index in [2.05, 4.69) is 15.6 Å². The second-order valence-electron chi connectivity index (χ2n) is 11.1. The Morgan fingerprint density at radius 3 is 2.19 bits per heavy atom. The highest BCUT2D eigenvalue weighted by Gasteiger charge is 2.44. The normalized spacial score (nSPS) is 17.6. The zero-order valence-electron chi connectivity index (χ0n) is 24.6. The van der Waals surface area contributed by atoms with E-state index >= 15 is 0 Å². The quantitative estimate of drug-likeness (QED) is 0.182. The van der Waals surface area contributed by atoms with Gasteiger partial charge in [-0.2, -0.15) is 0 Å². The summed E-state index contributed by atoms with van der Waals surface area (Å²) < 4.78 is 17.2. The van der Waals surface area contributed by atoms with Crippen molar-refractivity contribution >= 4 is 29.3 Å². The Balaban J connectivity index is 1.68. The Bertz CT molecular complexity index is 1560. The third-order valence-electron chi connectivity index (χ3n) is 7.16. The van der Waals surface area contributed by atoms with E-state index < -0.39 is 29.1 Å². The number of nitrogen functional groups attached to an aromatic ring is 1. The minimum absolute atomic E-state index is 0.0904. The number of carboxylic acid groups (broad SMARTS) is 1. The van der Waals surface area contributed by atoms with E-state index in [0.29, 0.717) is 11.3 Å². The number of hydrogen-bond donors (Lipinski definition) is 5. The number of nitrogens with two attached hydrogens (primary N) is 1. The monoisotopic (exact) mass is 589 g/mol. The Labute approximate surface area is 249 Å². The van der Waals surface area contributed by atoms with Gasteiger partial charge in [0.25, 0.3) is 11.8 Å². The van der Waals surface area contributed by atoms with Crippen LogP contribution in [0.4, 0.5) is 5.69 Å². The molecule has 1 aliphatic rings. The molecule has 0 saturated carbocycles. The minimum atomic E-state index is -1.30. The first-order chi connectivity index (χ1) is 20.2. The summed E-state index contributed by atoms with van der Waals surface area (Å²) in [5, 5.41) is 23.3. The van der Waals surface area contributed by atoms with Crippen LogP contribution in [0.5, 0.6) is 5.88 Å². The van der Waals surface area contributed by atoms with Crippen molar-refractivity contribution in [3.05, 3.63) is 77.0 Å². The molecule has 1 aromatic heterocycles. The molecule has 1 atom stereocenters. The maximum absolute atomic E-state index is 13.4. The zero-order valence-corrected chi connectivity index (χ0v) is 24.6. The van der Waals surface area contributed by atoms with Crippen LogP contribution >= 0.6 is 0 Å². The van der Waals surface area contributed by atoms with Gasteiger partial charge in [-0.05, 0) is 61.9 Å². The van der Waals surface area contributed by atoms with Crippen LogP contribution in [0, 0.1) is 11.3 Å². The number of methoxy groups -OCH3 is 1. The van der Waals surface area contributed by atoms with Gasteiger partial charge in [0.1, 0.15) is 11.5 Å². The van der Waals surface area contributed by atoms with E-state index in [-0.39, 0.29) is 58.8 Å². The number of carbonyl (C=O) groups is 3. The van der Waals surface area contributed by atoms with Crippen molar-refractivity contribution in [2.45, 2.75) is 39.0 Å². The van der Waals surface area contributed by atoms with Crippen molar-refractivity contribution in [1.82, 2.24) is 10.3 Å². The summed E-state index contributed by atoms with van der Waals surface area (Å²) in [5.74, 6) is -2.58. The number of carboxylic acids is 1. The molecule has 0 spiro atoms. The van der Waals surface area contributed by atoms with Crippen LogP contribution in [-0.4, -0.2) is 65.4 Å². The van der Waals surface area contributed by atoms with Gasteiger partial charge in [-0.25, -0.2) is 9.78 Å². The highest BCUT2D eigenvalue weighted by atomic mass is 16.6. The summed E-state index contributed by atoms with van der Waals surface area (Å²) in [6, 6.07) is 13.6. The molecular weight excluding hydrogens is 554 g/mol. The fourth-order valence-electron chi connectivity index (χ4n) is 4.47. The molecule has 1 unspecified atom stereocenters. The Hall–Kier alpha value is -4.81. The minimum Gasteiger partial charge on any atom is -0.481 e. The number of hydrogen-bond acceptors (Lipinski definition) is 8. The number of carbonyl (C=O) groups excluding carboxylic acids is 2. The summed E-state index contributed by atoms with van der Waals surface area (Å²) in [6.07, 6.45) is 0. The van der Waals surface area contributed by atoms with Gasteiger partial charge >= 0.3 is 5.97 Å². The molecule has 0 bridgehead atoms. The highest BCUT2D eigenvalue weighted by molar-refractivity contribution is 6.10. The smallest absolute Gasteiger partial charge is 0.336 e. The molecule has 6 N–H and O–H groups in total. The van der Waals surface area contributed by atoms with Crippen molar-refractivity contribution < 1.29 is 33.7 Å². The molecule has 0 aliphatic carbocycles. The van der Waals surface area contributed by atoms with Crippen molar-refractivity contribution in [3.8, 4) is 17.0 Å². The maximum atomic E-state index is 13.4. The number of ether oxygens (including phenoxy) is 3. The van der Waals surface area contributed by atoms with E-state index in [9.17, 15) is 19.5 Å². The lowest BCUT2D eigenvalue weighted by Crippen LogP contribution is -2.63. The maximum Gasteiger partial charge on any atom is 0.336 e. The SMILES string of the molecule is COc1ccc(-c2ccc(C(=O)NC3(C(C)C)COC(C)(C)CO3)cc2C(=O)O)c(C(=O)Nc2ccc(C(=N)N)cc2)n1. The van der Waals surface area contributed by atoms with Crippen LogP contribution in [0.25, 0.3) is 11.1 Å². The zero-order chi connectivity index (χ0) is 31.5. The highest BCUT2D eigenvalue weighted by Crippen LogP contribution is 2.32. The summed E-state index contributed by atoms with van der Waals surface area (Å²) in [6.45, 7) is 7.97. The van der Waals surface area contributed by atoms with E-state index in [1.54, 1.807) is 24.3 Å². The van der Waals surface area contributed by atoms with Gasteiger partial charge in [0, 0.05) is 34.4 Å². The summed E-state index contributed by atoms with van der Waals surface area (Å²) in [7, 11) is 1.40. The Morgan fingerprint density at radius 1 is 0.977 bits per heavy atom. The Morgan fingerprint density at radius 2 is 1.63 bits per heavy atom. The molecule has 1 saturated heterocycles. The molecule has 2 aromatic carbocycles. The number of amides is 2. The van der Waals surface area contributed by atoms with Gasteiger partial charge in [0.15, 0.2) is 5.72 Å². The number of benzene rings is 2. The standard InChI is InChI=1S/C31H35N5O7/c1-17(2)31(16-42-30(3,4)15-43-31)36-27(37)19-8-11-21(23(14-19)29(39)40)22-12-13-24(41-5)35-25(22)28(38)34-20-9-6-18(7-10-20)26(32)33/h6-14,17H,15-16H2,1-5H3,(H3,32,33)(H,34,38)(H,36,37)(H,39,40). The van der Waals surface area contributed by atoms with Gasteiger partial charge in [0.05, 0.1) is 31.5 Å². The number of anilines is 1. The van der Waals surface area contributed by atoms with Crippen molar-refractivity contribution in [2.75, 3.05) is 25.6 Å². The number of pyridine rings is 1. The molecule has 12 heteroatoms. The van der Waals surface area contributed by atoms with Crippen LogP contribution in [0.2, 0.25) is 0 Å². The molecular formula is C31H35N5O7. The average molecular weight is 590 g/mol. The number of amidine groups is 1. The fraction of sp³-hybridized carbons (Fsp3) is 0.323. The third kappa shape index (κ3) is 6.82. The number of nitrogens with zero attached hydrogens (tertiary/aromatic N) is 1. The molecule has 1 fully saturated rings. The third-order valence-corrected chi connectivity index (χ3v) is 7.16. The predicted octanol–water partition coefficient (Wildman–Crippen LogP) is 3.90. The van der Waals surface area contributed by atoms with E-state index in [1.165, 1.54) is 37.4 Å². The van der Waals surface area contributed by atoms with Crippen LogP contribution in [0.15, 0.2) is 54.6 Å². The van der Waals surface area contributed by atoms with E-state index in [4.69, 9.17) is 25.4 Å². The molecule has 226 valence electrons. The predicted molar refractivity (Wildman–Crippen MR) is 160 cm³/mol. The molecule has 1 aliphatic heterocycles. The molecule has 2 amide bonds. The first-order valence-electron chi connectivity index (χ1n) is 13.5. The number of rotatable bonds is 9. The lowest BCUT2D eigenvalue weighted by atomic mass is 9.94. The lowest BCUT2D eigenvalue weighted by Gasteiger charge is -2.46. The van der Waals surface area contributed by atoms with Gasteiger partial charge in [-0.1, -0.05) is 19.9 Å². The molecule has 4 rings (SSSR count). The van der Waals surface area contributed by atoms with Crippen LogP contribution < -0.4 is 21.1 Å². The largest absolute Gasteiger partial charge is 0.481 e. The average Bonchev–Trinajstić information content (AvgIpc) is 2.97. The summed E-state index contributed by atoms with van der Waals surface area (Å²) >= 11 is 0. The number of aromatic nitrogens is 1. The molecule has 0 radical (unpaired) electrons. The van der Waals surface area contributed by atoms with E-state index in [1.807, 2.05) is 27.7 Å². The van der Waals surface area contributed by atoms with Crippen molar-refractivity contribution in [2.24, 2.45) is 11.7 Å². The summed E-state index contributed by atoms with van der Waals surface area (Å²) in [4.78, 5) is 43.5. The van der Waals surface area contributed by atoms with Gasteiger partial charge < -0.3 is 35.7 Å².